The van der Waals surface area contributed by atoms with Crippen LogP contribution in [0, 0.1) is 11.7 Å². The molecule has 1 aromatic heterocycles. The number of amides is 3. The highest BCUT2D eigenvalue weighted by atomic mass is 19.1. The van der Waals surface area contributed by atoms with Crippen molar-refractivity contribution >= 4 is 29.1 Å². The van der Waals surface area contributed by atoms with Gasteiger partial charge in [-0.3, -0.25) is 14.4 Å². The third-order valence-corrected chi connectivity index (χ3v) is 5.07. The van der Waals surface area contributed by atoms with Crippen LogP contribution in [0.4, 0.5) is 15.8 Å². The first-order chi connectivity index (χ1) is 15.0. The summed E-state index contributed by atoms with van der Waals surface area (Å²) in [4.78, 5) is 39.2. The quantitative estimate of drug-likeness (QED) is 0.639. The largest absolute Gasteiger partial charge is 0.467 e. The van der Waals surface area contributed by atoms with Crippen molar-refractivity contribution in [2.75, 3.05) is 16.8 Å². The fourth-order valence-corrected chi connectivity index (χ4v) is 3.45. The molecule has 3 aromatic rings. The van der Waals surface area contributed by atoms with Crippen molar-refractivity contribution in [3.63, 3.8) is 0 Å². The van der Waals surface area contributed by atoms with Crippen LogP contribution in [-0.4, -0.2) is 24.3 Å². The molecule has 3 amide bonds. The molecule has 2 N–H and O–H groups in total. The fraction of sp³-hybridized carbons (Fsp3) is 0.174. The Morgan fingerprint density at radius 2 is 1.84 bits per heavy atom. The number of halogens is 1. The molecule has 2 heterocycles. The van der Waals surface area contributed by atoms with Gasteiger partial charge >= 0.3 is 0 Å². The van der Waals surface area contributed by atoms with Crippen LogP contribution in [0.3, 0.4) is 0 Å². The van der Waals surface area contributed by atoms with Gasteiger partial charge in [0.1, 0.15) is 11.6 Å². The smallest absolute Gasteiger partial charge is 0.253 e. The Morgan fingerprint density at radius 3 is 2.58 bits per heavy atom. The molecule has 1 saturated heterocycles. The number of rotatable bonds is 6. The number of anilines is 2. The maximum atomic E-state index is 13.2. The molecule has 0 saturated carbocycles. The van der Waals surface area contributed by atoms with Crippen molar-refractivity contribution in [3.05, 3.63) is 84.1 Å². The van der Waals surface area contributed by atoms with Crippen molar-refractivity contribution in [2.45, 2.75) is 13.0 Å². The Morgan fingerprint density at radius 1 is 1.06 bits per heavy atom. The van der Waals surface area contributed by atoms with Gasteiger partial charge in [-0.05, 0) is 48.5 Å². The molecule has 1 aliphatic rings. The number of carbonyl (C=O) groups is 3. The van der Waals surface area contributed by atoms with E-state index in [-0.39, 0.29) is 37.2 Å². The Labute approximate surface area is 177 Å². The van der Waals surface area contributed by atoms with E-state index in [9.17, 15) is 18.8 Å². The number of carbonyl (C=O) groups excluding carboxylic acids is 3. The van der Waals surface area contributed by atoms with Crippen molar-refractivity contribution in [3.8, 4) is 0 Å². The van der Waals surface area contributed by atoms with E-state index in [1.54, 1.807) is 36.4 Å². The molecule has 1 fully saturated rings. The number of furan rings is 1. The highest BCUT2D eigenvalue weighted by molar-refractivity contribution is 6.07. The zero-order valence-corrected chi connectivity index (χ0v) is 16.5. The molecule has 0 bridgehead atoms. The molecular formula is C23H20FN3O4. The molecule has 158 valence electrons. The summed E-state index contributed by atoms with van der Waals surface area (Å²) in [6.07, 6.45) is 1.56. The van der Waals surface area contributed by atoms with Gasteiger partial charge in [-0.1, -0.05) is 12.1 Å². The third-order valence-electron chi connectivity index (χ3n) is 5.07. The first-order valence-electron chi connectivity index (χ1n) is 9.77. The summed E-state index contributed by atoms with van der Waals surface area (Å²) in [5.41, 5.74) is 1.21. The maximum Gasteiger partial charge on any atom is 0.253 e. The van der Waals surface area contributed by atoms with Crippen LogP contribution in [0.15, 0.2) is 71.3 Å². The van der Waals surface area contributed by atoms with Crippen molar-refractivity contribution in [2.24, 2.45) is 5.92 Å². The SMILES string of the molecule is O=C(NCc1ccco1)c1ccccc1NC(=O)[C@@H]1CC(=O)N(c2ccc(F)cc2)C1. The van der Waals surface area contributed by atoms with Crippen molar-refractivity contribution < 1.29 is 23.2 Å². The van der Waals surface area contributed by atoms with E-state index >= 15 is 0 Å². The molecule has 0 spiro atoms. The Bertz CT molecular complexity index is 1100. The maximum absolute atomic E-state index is 13.2. The second-order valence-electron chi connectivity index (χ2n) is 7.18. The van der Waals surface area contributed by atoms with E-state index in [2.05, 4.69) is 10.6 Å². The lowest BCUT2D eigenvalue weighted by Gasteiger charge is -2.17. The van der Waals surface area contributed by atoms with Crippen LogP contribution in [0.5, 0.6) is 0 Å². The Balaban J connectivity index is 1.42. The average Bonchev–Trinajstić information content (AvgIpc) is 3.43. The molecule has 1 atom stereocenters. The first kappa shape index (κ1) is 20.3. The van der Waals surface area contributed by atoms with Crippen molar-refractivity contribution in [1.82, 2.24) is 5.32 Å². The van der Waals surface area contributed by atoms with E-state index in [1.165, 1.54) is 35.4 Å². The zero-order valence-electron chi connectivity index (χ0n) is 16.5. The second-order valence-corrected chi connectivity index (χ2v) is 7.18. The van der Waals surface area contributed by atoms with Gasteiger partial charge in [-0.25, -0.2) is 4.39 Å². The fourth-order valence-electron chi connectivity index (χ4n) is 3.45. The highest BCUT2D eigenvalue weighted by Gasteiger charge is 2.35. The Kier molecular flexibility index (Phi) is 5.79. The van der Waals surface area contributed by atoms with E-state index in [1.807, 2.05) is 0 Å². The molecule has 0 unspecified atom stereocenters. The first-order valence-corrected chi connectivity index (χ1v) is 9.77. The molecule has 0 aliphatic carbocycles. The summed E-state index contributed by atoms with van der Waals surface area (Å²) < 4.78 is 18.4. The topological polar surface area (TPSA) is 91.6 Å². The zero-order chi connectivity index (χ0) is 21.8. The Hall–Kier alpha value is -3.94. The van der Waals surface area contributed by atoms with Gasteiger partial charge in [0.2, 0.25) is 11.8 Å². The summed E-state index contributed by atoms with van der Waals surface area (Å²) in [6, 6.07) is 15.7. The van der Waals surface area contributed by atoms with Gasteiger partial charge in [0.25, 0.3) is 5.91 Å². The lowest BCUT2D eigenvalue weighted by atomic mass is 10.1. The second kappa shape index (κ2) is 8.83. The van der Waals surface area contributed by atoms with E-state index in [0.717, 1.165) is 0 Å². The highest BCUT2D eigenvalue weighted by Crippen LogP contribution is 2.27. The monoisotopic (exact) mass is 421 g/mol. The van der Waals surface area contributed by atoms with Gasteiger partial charge in [0.15, 0.2) is 0 Å². The summed E-state index contributed by atoms with van der Waals surface area (Å²) in [5, 5.41) is 5.51. The molecule has 1 aliphatic heterocycles. The van der Waals surface area contributed by atoms with Crippen LogP contribution in [0.25, 0.3) is 0 Å². The molecule has 8 heteroatoms. The predicted molar refractivity (Wildman–Crippen MR) is 112 cm³/mol. The minimum Gasteiger partial charge on any atom is -0.467 e. The van der Waals surface area contributed by atoms with Gasteiger partial charge < -0.3 is 20.0 Å². The predicted octanol–water partition coefficient (Wildman–Crippen LogP) is 3.34. The van der Waals surface area contributed by atoms with E-state index in [0.29, 0.717) is 22.7 Å². The summed E-state index contributed by atoms with van der Waals surface area (Å²) in [7, 11) is 0. The molecule has 4 rings (SSSR count). The van der Waals surface area contributed by atoms with Gasteiger partial charge in [0, 0.05) is 18.7 Å². The van der Waals surface area contributed by atoms with Crippen LogP contribution in [0.2, 0.25) is 0 Å². The lowest BCUT2D eigenvalue weighted by Crippen LogP contribution is -2.29. The van der Waals surface area contributed by atoms with Crippen molar-refractivity contribution in [1.29, 1.82) is 0 Å². The number of para-hydroxylation sites is 1. The summed E-state index contributed by atoms with van der Waals surface area (Å²) in [6.45, 7) is 0.404. The lowest BCUT2D eigenvalue weighted by molar-refractivity contribution is -0.122. The van der Waals surface area contributed by atoms with Crippen LogP contribution in [-0.2, 0) is 16.1 Å². The summed E-state index contributed by atoms with van der Waals surface area (Å²) in [5.74, 6) is -1.30. The number of nitrogens with zero attached hydrogens (tertiary/aromatic N) is 1. The minimum absolute atomic E-state index is 0.0378. The number of hydrogen-bond donors (Lipinski definition) is 2. The van der Waals surface area contributed by atoms with E-state index in [4.69, 9.17) is 4.42 Å². The molecule has 7 nitrogen and oxygen atoms in total. The van der Waals surface area contributed by atoms with Gasteiger partial charge in [0.05, 0.1) is 30.0 Å². The van der Waals surface area contributed by atoms with Gasteiger partial charge in [-0.2, -0.15) is 0 Å². The standard InChI is InChI=1S/C23H20FN3O4/c24-16-7-9-17(10-8-16)27-14-15(12-21(27)28)22(29)26-20-6-2-1-5-19(20)23(30)25-13-18-4-3-11-31-18/h1-11,15H,12-14H2,(H,25,30)(H,26,29)/t15-/m1/s1. The number of nitrogens with one attached hydrogen (secondary N) is 2. The number of hydrogen-bond acceptors (Lipinski definition) is 4. The van der Waals surface area contributed by atoms with Gasteiger partial charge in [-0.15, -0.1) is 0 Å². The third kappa shape index (κ3) is 4.63. The van der Waals surface area contributed by atoms with Crippen LogP contribution in [0.1, 0.15) is 22.5 Å². The molecular weight excluding hydrogens is 401 g/mol. The summed E-state index contributed by atoms with van der Waals surface area (Å²) >= 11 is 0. The molecule has 2 aromatic carbocycles. The molecule has 0 radical (unpaired) electrons. The number of benzene rings is 2. The molecule has 31 heavy (non-hydrogen) atoms. The minimum atomic E-state index is -0.586. The van der Waals surface area contributed by atoms with E-state index < -0.39 is 11.7 Å². The normalized spacial score (nSPS) is 15.7. The average molecular weight is 421 g/mol. The van der Waals surface area contributed by atoms with Crippen LogP contribution >= 0.6 is 0 Å². The van der Waals surface area contributed by atoms with Crippen LogP contribution < -0.4 is 15.5 Å².